The van der Waals surface area contributed by atoms with Crippen molar-refractivity contribution in [3.63, 3.8) is 0 Å². The molecule has 1 aliphatic carbocycles. The molecule has 0 amide bonds. The molecule has 0 aromatic rings. The van der Waals surface area contributed by atoms with Gasteiger partial charge in [0, 0.05) is 12.8 Å². The Kier molecular flexibility index (Phi) is 37.2. The fourth-order valence-electron chi connectivity index (χ4n) is 7.51. The lowest BCUT2D eigenvalue weighted by atomic mass is 9.85. The minimum atomic E-state index is -5.38. The SMILES string of the molecule is CCCCC/C=C\C/C=C\CC(O)/C=C\C=C\CCCC(=O)O[C@H](COC(=O)CCCCCCCCCCCCCCCCCCC)COP(=O)(O)O[C@H]1C(O)C(O)C(O)[C@@H](OP(=O)(O)O)C1O. The first-order valence-corrected chi connectivity index (χ1v) is 28.3. The van der Waals surface area contributed by atoms with E-state index in [1.54, 1.807) is 24.3 Å². The van der Waals surface area contributed by atoms with E-state index >= 15 is 0 Å². The van der Waals surface area contributed by atoms with Crippen molar-refractivity contribution in [2.75, 3.05) is 13.2 Å². The smallest absolute Gasteiger partial charge is 0.462 e. The normalized spacial score (nSPS) is 22.1. The highest BCUT2D eigenvalue weighted by Gasteiger charge is 2.54. The molecule has 0 radical (unpaired) electrons. The van der Waals surface area contributed by atoms with Crippen molar-refractivity contribution in [2.45, 2.75) is 236 Å². The monoisotopic (exact) mass is 1010 g/mol. The van der Waals surface area contributed by atoms with Crippen LogP contribution in [0.25, 0.3) is 0 Å². The second-order valence-corrected chi connectivity index (χ2v) is 20.3. The van der Waals surface area contributed by atoms with E-state index < -0.39 is 89.6 Å². The molecule has 0 aromatic carbocycles. The van der Waals surface area contributed by atoms with Gasteiger partial charge in [0.1, 0.15) is 43.2 Å². The van der Waals surface area contributed by atoms with Gasteiger partial charge in [-0.1, -0.05) is 178 Å². The first-order valence-electron chi connectivity index (χ1n) is 25.3. The van der Waals surface area contributed by atoms with Crippen LogP contribution in [0.1, 0.15) is 187 Å². The Balaban J connectivity index is 2.63. The molecule has 1 fully saturated rings. The highest BCUT2D eigenvalue weighted by molar-refractivity contribution is 7.47. The Morgan fingerprint density at radius 2 is 1.04 bits per heavy atom. The maximum atomic E-state index is 13.0. The maximum Gasteiger partial charge on any atom is 0.472 e. The molecule has 1 saturated carbocycles. The third kappa shape index (κ3) is 33.5. The van der Waals surface area contributed by atoms with Gasteiger partial charge in [-0.3, -0.25) is 23.2 Å². The number of phosphoric ester groups is 2. The third-order valence-corrected chi connectivity index (χ3v) is 13.0. The number of aliphatic hydroxyl groups is 5. The molecule has 1 rings (SSSR count). The number of unbranched alkanes of at least 4 members (excludes halogenated alkanes) is 20. The summed E-state index contributed by atoms with van der Waals surface area (Å²) in [6.45, 7) is 2.98. The van der Waals surface area contributed by atoms with Crippen LogP contribution in [0.15, 0.2) is 48.6 Å². The largest absolute Gasteiger partial charge is 0.472 e. The van der Waals surface area contributed by atoms with Gasteiger partial charge in [0.25, 0.3) is 0 Å². The van der Waals surface area contributed by atoms with E-state index in [1.807, 2.05) is 12.2 Å². The van der Waals surface area contributed by atoms with Crippen LogP contribution in [0.5, 0.6) is 0 Å². The van der Waals surface area contributed by atoms with Gasteiger partial charge < -0.3 is 49.7 Å². The van der Waals surface area contributed by atoms with Crippen LogP contribution < -0.4 is 0 Å². The summed E-state index contributed by atoms with van der Waals surface area (Å²) >= 11 is 0. The predicted molar refractivity (Wildman–Crippen MR) is 261 cm³/mol. The van der Waals surface area contributed by atoms with Crippen molar-refractivity contribution in [1.82, 2.24) is 0 Å². The summed E-state index contributed by atoms with van der Waals surface area (Å²) in [6.07, 6.45) is 26.6. The van der Waals surface area contributed by atoms with Crippen molar-refractivity contribution in [3.05, 3.63) is 48.6 Å². The average molecular weight is 1010 g/mol. The standard InChI is InChI=1S/C49H88O17P2/c1-3-5-7-9-11-13-14-15-16-17-18-19-20-22-24-28-32-36-42(51)62-38-41(39-63-68(60,61)66-49-46(55)44(53)45(54)48(47(49)56)65-67(57,58)59)64-43(52)37-33-29-25-27-31-35-40(50)34-30-26-23-21-12-10-8-6-4-2/h12,21,25-27,30-31,35,40-41,44-50,53-56H,3-11,13-20,22-24,28-29,32-34,36-39H2,1-2H3,(H,60,61)(H2,57,58,59)/b21-12-,27-25+,30-26-,35-31-/t40?,41-,44?,45?,46?,47?,48-,49+/m1/s1. The second-order valence-electron chi connectivity index (χ2n) is 17.7. The lowest BCUT2D eigenvalue weighted by Gasteiger charge is -2.43. The van der Waals surface area contributed by atoms with Crippen LogP contribution in [-0.2, 0) is 41.8 Å². The molecule has 0 aromatic heterocycles. The first-order chi connectivity index (χ1) is 32.5. The van der Waals surface area contributed by atoms with Crippen LogP contribution in [-0.4, -0.2) is 114 Å². The Labute approximate surface area is 406 Å². The second kappa shape index (κ2) is 39.5. The van der Waals surface area contributed by atoms with Gasteiger partial charge in [-0.2, -0.15) is 0 Å². The molecule has 0 aliphatic heterocycles. The number of ether oxygens (including phenoxy) is 2. The van der Waals surface area contributed by atoms with Crippen molar-refractivity contribution >= 4 is 27.6 Å². The Morgan fingerprint density at radius 3 is 1.62 bits per heavy atom. The number of hydrogen-bond acceptors (Lipinski definition) is 14. The molecule has 17 nitrogen and oxygen atoms in total. The van der Waals surface area contributed by atoms with Crippen LogP contribution in [0.3, 0.4) is 0 Å². The van der Waals surface area contributed by atoms with Gasteiger partial charge in [0.05, 0.1) is 12.7 Å². The number of rotatable bonds is 42. The van der Waals surface area contributed by atoms with Crippen LogP contribution in [0.2, 0.25) is 0 Å². The fraction of sp³-hybridized carbons (Fsp3) is 0.796. The number of carbonyl (C=O) groups is 2. The summed E-state index contributed by atoms with van der Waals surface area (Å²) in [7, 11) is -10.7. The summed E-state index contributed by atoms with van der Waals surface area (Å²) in [6, 6.07) is 0. The average Bonchev–Trinajstić information content (AvgIpc) is 3.29. The topological polar surface area (TPSA) is 276 Å². The molecule has 0 bridgehead atoms. The Bertz CT molecular complexity index is 1520. The molecule has 68 heavy (non-hydrogen) atoms. The molecule has 0 heterocycles. The highest BCUT2D eigenvalue weighted by Crippen LogP contribution is 2.49. The van der Waals surface area contributed by atoms with Crippen molar-refractivity contribution in [1.29, 1.82) is 0 Å². The Morgan fingerprint density at radius 1 is 0.544 bits per heavy atom. The molecule has 1 aliphatic rings. The molecule has 0 saturated heterocycles. The molecule has 0 spiro atoms. The lowest BCUT2D eigenvalue weighted by molar-refractivity contribution is -0.216. The number of hydrogen-bond donors (Lipinski definition) is 8. The summed E-state index contributed by atoms with van der Waals surface area (Å²) in [5.41, 5.74) is 0. The molecule has 8 N–H and O–H groups in total. The molecular weight excluding hydrogens is 922 g/mol. The lowest BCUT2D eigenvalue weighted by Crippen LogP contribution is -2.64. The number of esters is 2. The van der Waals surface area contributed by atoms with Crippen LogP contribution in [0, 0.1) is 0 Å². The van der Waals surface area contributed by atoms with Gasteiger partial charge in [-0.05, 0) is 44.9 Å². The summed E-state index contributed by atoms with van der Waals surface area (Å²) in [5, 5.41) is 51.5. The van der Waals surface area contributed by atoms with Gasteiger partial charge in [-0.15, -0.1) is 0 Å². The predicted octanol–water partition coefficient (Wildman–Crippen LogP) is 9.04. The van der Waals surface area contributed by atoms with E-state index in [-0.39, 0.29) is 12.8 Å². The number of phosphoric acid groups is 2. The zero-order valence-electron chi connectivity index (χ0n) is 40.9. The highest BCUT2D eigenvalue weighted by atomic mass is 31.2. The fourth-order valence-corrected chi connectivity index (χ4v) is 9.05. The van der Waals surface area contributed by atoms with Gasteiger partial charge >= 0.3 is 27.6 Å². The van der Waals surface area contributed by atoms with Gasteiger partial charge in [0.15, 0.2) is 6.10 Å². The third-order valence-electron chi connectivity index (χ3n) is 11.5. The van der Waals surface area contributed by atoms with Crippen molar-refractivity contribution < 1.29 is 82.0 Å². The first kappa shape index (κ1) is 63.9. The zero-order chi connectivity index (χ0) is 50.5. The summed E-state index contributed by atoms with van der Waals surface area (Å²) in [4.78, 5) is 54.3. The zero-order valence-corrected chi connectivity index (χ0v) is 42.7. The molecule has 6 unspecified atom stereocenters. The summed E-state index contributed by atoms with van der Waals surface area (Å²) < 4.78 is 49.3. The quantitative estimate of drug-likeness (QED) is 0.00931. The number of aliphatic hydroxyl groups excluding tert-OH is 5. The van der Waals surface area contributed by atoms with E-state index in [4.69, 9.17) is 18.5 Å². The summed E-state index contributed by atoms with van der Waals surface area (Å²) in [5.74, 6) is -1.33. The van der Waals surface area contributed by atoms with Crippen LogP contribution in [0.4, 0.5) is 0 Å². The minimum absolute atomic E-state index is 0.0901. The van der Waals surface area contributed by atoms with E-state index in [9.17, 15) is 58.9 Å². The van der Waals surface area contributed by atoms with E-state index in [2.05, 4.69) is 30.5 Å². The Hall–Kier alpha value is -2.08. The van der Waals surface area contributed by atoms with Gasteiger partial charge in [-0.25, -0.2) is 9.13 Å². The molecule has 396 valence electrons. The van der Waals surface area contributed by atoms with Gasteiger partial charge in [0.2, 0.25) is 0 Å². The molecule has 19 heteroatoms. The van der Waals surface area contributed by atoms with E-state index in [0.29, 0.717) is 25.7 Å². The van der Waals surface area contributed by atoms with Crippen LogP contribution >= 0.6 is 15.6 Å². The maximum absolute atomic E-state index is 13.0. The number of carbonyl (C=O) groups excluding carboxylic acids is 2. The van der Waals surface area contributed by atoms with Crippen molar-refractivity contribution in [2.24, 2.45) is 0 Å². The number of allylic oxidation sites excluding steroid dienone is 6. The van der Waals surface area contributed by atoms with E-state index in [1.165, 1.54) is 96.3 Å². The van der Waals surface area contributed by atoms with Crippen molar-refractivity contribution in [3.8, 4) is 0 Å². The molecule has 9 atom stereocenters. The molecular formula is C49H88O17P2. The minimum Gasteiger partial charge on any atom is -0.462 e. The van der Waals surface area contributed by atoms with E-state index in [0.717, 1.165) is 38.5 Å².